The fourth-order valence-electron chi connectivity index (χ4n) is 2.86. The second-order valence-corrected chi connectivity index (χ2v) is 9.45. The molecule has 0 unspecified atom stereocenters. The molecule has 0 saturated carbocycles. The van der Waals surface area contributed by atoms with Crippen molar-refractivity contribution in [2.45, 2.75) is 13.8 Å². The van der Waals surface area contributed by atoms with Gasteiger partial charge in [-0.25, -0.2) is 22.6 Å². The molecule has 0 radical (unpaired) electrons. The first-order valence-electron chi connectivity index (χ1n) is 8.89. The molecule has 30 heavy (non-hydrogen) atoms. The van der Waals surface area contributed by atoms with E-state index in [0.29, 0.717) is 16.2 Å². The number of aryl methyl sites for hydroxylation is 3. The summed E-state index contributed by atoms with van der Waals surface area (Å²) in [5, 5.41) is 10.3. The van der Waals surface area contributed by atoms with Crippen molar-refractivity contribution < 1.29 is 8.42 Å². The van der Waals surface area contributed by atoms with Gasteiger partial charge in [-0.15, -0.1) is 10.2 Å². The number of benzene rings is 1. The Morgan fingerprint density at radius 1 is 1.13 bits per heavy atom. The van der Waals surface area contributed by atoms with Gasteiger partial charge in [0.15, 0.2) is 10.7 Å². The van der Waals surface area contributed by atoms with Crippen LogP contribution >= 0.6 is 11.3 Å². The predicted octanol–water partition coefficient (Wildman–Crippen LogP) is 2.58. The van der Waals surface area contributed by atoms with Crippen LogP contribution in [0.15, 0.2) is 46.9 Å². The van der Waals surface area contributed by atoms with Crippen LogP contribution in [0.5, 0.6) is 0 Å². The second kappa shape index (κ2) is 7.50. The van der Waals surface area contributed by atoms with Crippen molar-refractivity contribution in [2.75, 3.05) is 4.72 Å². The number of hydrogen-bond acceptors (Lipinski definition) is 7. The van der Waals surface area contributed by atoms with Crippen LogP contribution in [0.25, 0.3) is 22.3 Å². The fraction of sp³-hybridized carbons (Fsp3) is 0.158. The van der Waals surface area contributed by atoms with Crippen LogP contribution in [0.1, 0.15) is 16.1 Å². The molecule has 0 bridgehead atoms. The van der Waals surface area contributed by atoms with E-state index >= 15 is 0 Å². The fourth-order valence-corrected chi connectivity index (χ4v) is 4.42. The lowest BCUT2D eigenvalue weighted by Gasteiger charge is -2.06. The molecular formula is C19H18N6O3S2. The molecule has 1 aromatic carbocycles. The maximum Gasteiger partial charge on any atom is 0.279 e. The molecule has 4 rings (SSSR count). The van der Waals surface area contributed by atoms with Gasteiger partial charge in [-0.1, -0.05) is 41.2 Å². The van der Waals surface area contributed by atoms with Crippen LogP contribution < -0.4 is 10.3 Å². The number of rotatable bonds is 5. The van der Waals surface area contributed by atoms with Gasteiger partial charge < -0.3 is 0 Å². The molecule has 4 aromatic rings. The van der Waals surface area contributed by atoms with Crippen LogP contribution in [0.2, 0.25) is 0 Å². The zero-order valence-electron chi connectivity index (χ0n) is 16.4. The highest BCUT2D eigenvalue weighted by Crippen LogP contribution is 2.24. The van der Waals surface area contributed by atoms with E-state index < -0.39 is 10.0 Å². The van der Waals surface area contributed by atoms with Crippen molar-refractivity contribution >= 4 is 38.8 Å². The van der Waals surface area contributed by atoms with Gasteiger partial charge in [-0.3, -0.25) is 9.52 Å². The molecule has 3 heterocycles. The van der Waals surface area contributed by atoms with E-state index in [1.54, 1.807) is 14.0 Å². The van der Waals surface area contributed by atoms with Gasteiger partial charge in [0, 0.05) is 7.05 Å². The van der Waals surface area contributed by atoms with Gasteiger partial charge in [0.1, 0.15) is 10.6 Å². The zero-order valence-corrected chi connectivity index (χ0v) is 18.0. The molecular weight excluding hydrogens is 424 g/mol. The molecule has 0 spiro atoms. The van der Waals surface area contributed by atoms with Gasteiger partial charge in [-0.05, 0) is 25.5 Å². The Balaban J connectivity index is 1.66. The topological polar surface area (TPSA) is 111 Å². The zero-order chi connectivity index (χ0) is 21.5. The number of anilines is 1. The van der Waals surface area contributed by atoms with Crippen LogP contribution in [0.3, 0.4) is 0 Å². The number of nitrogens with one attached hydrogen (secondary N) is 1. The summed E-state index contributed by atoms with van der Waals surface area (Å²) in [6.07, 6.45) is 4.37. The third-order valence-corrected chi connectivity index (χ3v) is 6.25. The summed E-state index contributed by atoms with van der Waals surface area (Å²) in [7, 11) is -2.19. The molecule has 3 aromatic heterocycles. The number of sulfonamides is 1. The number of hydrogen-bond donors (Lipinski definition) is 1. The van der Waals surface area contributed by atoms with E-state index in [1.165, 1.54) is 39.0 Å². The Kier molecular flexibility index (Phi) is 5.00. The van der Waals surface area contributed by atoms with Crippen LogP contribution in [0.4, 0.5) is 5.69 Å². The highest BCUT2D eigenvalue weighted by molar-refractivity contribution is 7.95. The Morgan fingerprint density at radius 2 is 1.87 bits per heavy atom. The molecule has 0 aliphatic carbocycles. The number of nitrogens with zero attached hydrogens (tertiary/aromatic N) is 5. The summed E-state index contributed by atoms with van der Waals surface area (Å²) in [4.78, 5) is 17.0. The van der Waals surface area contributed by atoms with Crippen LogP contribution in [-0.2, 0) is 17.1 Å². The van der Waals surface area contributed by atoms with E-state index in [2.05, 4.69) is 19.9 Å². The highest BCUT2D eigenvalue weighted by Gasteiger charge is 2.20. The summed E-state index contributed by atoms with van der Waals surface area (Å²) in [6, 6.07) is 7.48. The van der Waals surface area contributed by atoms with E-state index in [0.717, 1.165) is 21.5 Å². The molecule has 0 amide bonds. The van der Waals surface area contributed by atoms with Crippen molar-refractivity contribution in [3.63, 3.8) is 0 Å². The van der Waals surface area contributed by atoms with E-state index in [1.807, 2.05) is 31.2 Å². The first-order chi connectivity index (χ1) is 14.2. The quantitative estimate of drug-likeness (QED) is 0.509. The van der Waals surface area contributed by atoms with Gasteiger partial charge in [-0.2, -0.15) is 0 Å². The van der Waals surface area contributed by atoms with Gasteiger partial charge >= 0.3 is 0 Å². The van der Waals surface area contributed by atoms with Crippen molar-refractivity contribution in [3.05, 3.63) is 68.6 Å². The van der Waals surface area contributed by atoms with E-state index in [9.17, 15) is 13.2 Å². The summed E-state index contributed by atoms with van der Waals surface area (Å²) in [5.41, 5.74) is 2.49. The summed E-state index contributed by atoms with van der Waals surface area (Å²) in [6.45, 7) is 3.76. The molecule has 154 valence electrons. The van der Waals surface area contributed by atoms with Crippen molar-refractivity contribution in [3.8, 4) is 10.6 Å². The molecule has 0 atom stereocenters. The Hall–Kier alpha value is -3.31. The van der Waals surface area contributed by atoms with Crippen LogP contribution in [-0.4, -0.2) is 32.8 Å². The molecule has 0 aliphatic rings. The average Bonchev–Trinajstić information content (AvgIpc) is 3.23. The lowest BCUT2D eigenvalue weighted by Crippen LogP contribution is -2.16. The standard InChI is InChI=1S/C19H18N6O3S2/c1-12-4-6-14(7-5-12)8-9-30(27,28)23-15-10-20-17-16(18-22-21-13(2)29-18)19(26)24(3)25(17)11-15/h4-11,23H,1-3H3. The third-order valence-electron chi connectivity index (χ3n) is 4.38. The molecule has 11 heteroatoms. The first kappa shape index (κ1) is 20.0. The SMILES string of the molecule is Cc1ccc(C=CS(=O)(=O)Nc2cnc3c(-c4nnc(C)s4)c(=O)n(C)n3c2)cc1. The molecule has 0 fully saturated rings. The van der Waals surface area contributed by atoms with E-state index in [-0.39, 0.29) is 11.2 Å². The van der Waals surface area contributed by atoms with Gasteiger partial charge in [0.2, 0.25) is 0 Å². The maximum atomic E-state index is 12.7. The molecule has 0 saturated heterocycles. The summed E-state index contributed by atoms with van der Waals surface area (Å²) < 4.78 is 30.2. The first-order valence-corrected chi connectivity index (χ1v) is 11.3. The second-order valence-electron chi connectivity index (χ2n) is 6.70. The van der Waals surface area contributed by atoms with E-state index in [4.69, 9.17) is 0 Å². The van der Waals surface area contributed by atoms with Gasteiger partial charge in [0.25, 0.3) is 15.6 Å². The lowest BCUT2D eigenvalue weighted by molar-refractivity contribution is 0.609. The minimum absolute atomic E-state index is 0.224. The average molecular weight is 443 g/mol. The highest BCUT2D eigenvalue weighted by atomic mass is 32.2. The largest absolute Gasteiger partial charge is 0.279 e. The minimum atomic E-state index is -3.77. The van der Waals surface area contributed by atoms with Crippen molar-refractivity contribution in [1.82, 2.24) is 24.4 Å². The van der Waals surface area contributed by atoms with Crippen molar-refractivity contribution in [1.29, 1.82) is 0 Å². The lowest BCUT2D eigenvalue weighted by atomic mass is 10.2. The van der Waals surface area contributed by atoms with Crippen molar-refractivity contribution in [2.24, 2.45) is 7.05 Å². The Bertz CT molecular complexity index is 1430. The summed E-state index contributed by atoms with van der Waals surface area (Å²) >= 11 is 1.29. The maximum absolute atomic E-state index is 12.7. The molecule has 9 nitrogen and oxygen atoms in total. The smallest absolute Gasteiger partial charge is 0.277 e. The Labute approximate surface area is 176 Å². The normalized spacial score (nSPS) is 12.1. The number of aromatic nitrogens is 5. The van der Waals surface area contributed by atoms with Gasteiger partial charge in [0.05, 0.1) is 23.5 Å². The molecule has 1 N–H and O–H groups in total. The Morgan fingerprint density at radius 3 is 2.53 bits per heavy atom. The minimum Gasteiger partial charge on any atom is -0.277 e. The third kappa shape index (κ3) is 3.89. The summed E-state index contributed by atoms with van der Waals surface area (Å²) in [5.74, 6) is 0. The predicted molar refractivity (Wildman–Crippen MR) is 117 cm³/mol. The molecule has 0 aliphatic heterocycles. The monoisotopic (exact) mass is 442 g/mol. The number of fused-ring (bicyclic) bond motifs is 1. The van der Waals surface area contributed by atoms with Crippen LogP contribution in [0, 0.1) is 13.8 Å².